The molecule has 0 aliphatic carbocycles. The molecule has 2 aliphatic rings. The summed E-state index contributed by atoms with van der Waals surface area (Å²) < 4.78 is 0.628. The van der Waals surface area contributed by atoms with Crippen LogP contribution in [-0.2, 0) is 4.79 Å². The standard InChI is InChI=1S/C21H24Cl3N3O3S/c22-13-4-5-16(15(23)12-13)26-19(17-6-7-18(24)31-17)14(8-11-28)20(21(29)30)27(26)25-9-2-1-3-10-25/h4-7,12,14,19-20,28H,1-3,8-11H2,(H,29,30). The number of benzene rings is 1. The lowest BCUT2D eigenvalue weighted by atomic mass is 9.89. The smallest absolute Gasteiger partial charge is 0.324 e. The number of carboxylic acid groups (broad SMARTS) is 1. The second kappa shape index (κ2) is 9.83. The van der Waals surface area contributed by atoms with E-state index in [4.69, 9.17) is 34.8 Å². The van der Waals surface area contributed by atoms with Crippen LogP contribution in [0.3, 0.4) is 0 Å². The van der Waals surface area contributed by atoms with Gasteiger partial charge in [0.2, 0.25) is 0 Å². The number of nitrogens with zero attached hydrogens (tertiary/aromatic N) is 3. The molecule has 4 rings (SSSR count). The predicted octanol–water partition coefficient (Wildman–Crippen LogP) is 5.34. The average molecular weight is 505 g/mol. The molecular formula is C21H24Cl3N3O3S. The maximum absolute atomic E-state index is 12.6. The molecule has 2 N–H and O–H groups in total. The molecule has 2 aliphatic heterocycles. The van der Waals surface area contributed by atoms with Gasteiger partial charge in [-0.05, 0) is 49.6 Å². The summed E-state index contributed by atoms with van der Waals surface area (Å²) >= 11 is 20.5. The first-order valence-corrected chi connectivity index (χ1v) is 12.2. The maximum Gasteiger partial charge on any atom is 0.324 e. The van der Waals surface area contributed by atoms with Crippen molar-refractivity contribution in [1.82, 2.24) is 10.1 Å². The zero-order valence-electron chi connectivity index (χ0n) is 16.8. The minimum atomic E-state index is -0.927. The molecule has 0 saturated carbocycles. The van der Waals surface area contributed by atoms with E-state index in [0.29, 0.717) is 26.5 Å². The lowest BCUT2D eigenvalue weighted by Gasteiger charge is -2.43. The maximum atomic E-state index is 12.6. The fourth-order valence-electron chi connectivity index (χ4n) is 4.67. The SMILES string of the molecule is O=C(O)C1C(CCO)C(c2ccc(Cl)s2)N(c2ccc(Cl)cc2Cl)N1N1CCCCC1. The average Bonchev–Trinajstić information content (AvgIpc) is 3.30. The minimum absolute atomic E-state index is 0.111. The van der Waals surface area contributed by atoms with Gasteiger partial charge < -0.3 is 10.2 Å². The zero-order valence-corrected chi connectivity index (χ0v) is 19.8. The van der Waals surface area contributed by atoms with Gasteiger partial charge in [-0.3, -0.25) is 9.80 Å². The monoisotopic (exact) mass is 503 g/mol. The third-order valence-electron chi connectivity index (χ3n) is 5.92. The Bertz CT molecular complexity index is 938. The van der Waals surface area contributed by atoms with Crippen LogP contribution >= 0.6 is 46.1 Å². The van der Waals surface area contributed by atoms with E-state index in [1.54, 1.807) is 12.1 Å². The summed E-state index contributed by atoms with van der Waals surface area (Å²) in [6, 6.07) is 7.81. The van der Waals surface area contributed by atoms with Crippen molar-refractivity contribution in [3.63, 3.8) is 0 Å². The van der Waals surface area contributed by atoms with Crippen molar-refractivity contribution < 1.29 is 15.0 Å². The second-order valence-corrected chi connectivity index (χ2v) is 10.4. The van der Waals surface area contributed by atoms with Crippen LogP contribution < -0.4 is 5.01 Å². The first kappa shape index (κ1) is 23.1. The van der Waals surface area contributed by atoms with Gasteiger partial charge >= 0.3 is 5.97 Å². The van der Waals surface area contributed by atoms with E-state index in [-0.39, 0.29) is 18.6 Å². The summed E-state index contributed by atoms with van der Waals surface area (Å²) in [6.45, 7) is 1.41. The van der Waals surface area contributed by atoms with Gasteiger partial charge in [0.05, 0.1) is 21.1 Å². The van der Waals surface area contributed by atoms with Gasteiger partial charge in [-0.1, -0.05) is 41.2 Å². The van der Waals surface area contributed by atoms with Gasteiger partial charge in [0, 0.05) is 35.5 Å². The van der Waals surface area contributed by atoms with Crippen molar-refractivity contribution in [1.29, 1.82) is 0 Å². The largest absolute Gasteiger partial charge is 0.480 e. The molecule has 2 aromatic rings. The number of anilines is 1. The fourth-order valence-corrected chi connectivity index (χ4v) is 6.39. The Morgan fingerprint density at radius 1 is 1.10 bits per heavy atom. The number of hydrazine groups is 2. The molecule has 1 aromatic heterocycles. The Morgan fingerprint density at radius 3 is 2.42 bits per heavy atom. The topological polar surface area (TPSA) is 67.2 Å². The number of piperidine rings is 1. The molecule has 6 nitrogen and oxygen atoms in total. The van der Waals surface area contributed by atoms with E-state index in [2.05, 4.69) is 5.01 Å². The number of carbonyl (C=O) groups is 1. The van der Waals surface area contributed by atoms with E-state index in [9.17, 15) is 15.0 Å². The van der Waals surface area contributed by atoms with E-state index in [0.717, 1.165) is 37.2 Å². The van der Waals surface area contributed by atoms with Crippen molar-refractivity contribution in [3.8, 4) is 0 Å². The lowest BCUT2D eigenvalue weighted by Crippen LogP contribution is -2.57. The van der Waals surface area contributed by atoms with Gasteiger partial charge in [-0.2, -0.15) is 0 Å². The Kier molecular flexibility index (Phi) is 7.33. The van der Waals surface area contributed by atoms with Crippen LogP contribution in [0.15, 0.2) is 30.3 Å². The summed E-state index contributed by atoms with van der Waals surface area (Å²) in [5, 5.41) is 27.0. The van der Waals surface area contributed by atoms with E-state index < -0.39 is 12.0 Å². The number of carboxylic acids is 1. The number of hydrogen-bond acceptors (Lipinski definition) is 6. The summed E-state index contributed by atoms with van der Waals surface area (Å²) in [7, 11) is 0. The van der Waals surface area contributed by atoms with E-state index >= 15 is 0 Å². The van der Waals surface area contributed by atoms with Crippen molar-refractivity contribution in [2.45, 2.75) is 37.8 Å². The van der Waals surface area contributed by atoms with Crippen molar-refractivity contribution in [3.05, 3.63) is 49.6 Å². The molecule has 2 fully saturated rings. The highest BCUT2D eigenvalue weighted by atomic mass is 35.5. The van der Waals surface area contributed by atoms with Crippen molar-refractivity contribution in [2.75, 3.05) is 24.7 Å². The van der Waals surface area contributed by atoms with Gasteiger partial charge in [-0.15, -0.1) is 16.5 Å². The molecule has 2 saturated heterocycles. The highest BCUT2D eigenvalue weighted by Gasteiger charge is 2.54. The zero-order chi connectivity index (χ0) is 22.1. The van der Waals surface area contributed by atoms with Crippen LogP contribution in [0.4, 0.5) is 5.69 Å². The number of aliphatic carboxylic acids is 1. The highest BCUT2D eigenvalue weighted by molar-refractivity contribution is 7.16. The highest BCUT2D eigenvalue weighted by Crippen LogP contribution is 2.50. The molecule has 31 heavy (non-hydrogen) atoms. The molecule has 0 radical (unpaired) electrons. The third-order valence-corrected chi connectivity index (χ3v) is 7.76. The van der Waals surface area contributed by atoms with Crippen LogP contribution in [-0.4, -0.2) is 52.0 Å². The van der Waals surface area contributed by atoms with Gasteiger partial charge in [-0.25, -0.2) is 5.01 Å². The van der Waals surface area contributed by atoms with Crippen molar-refractivity contribution in [2.24, 2.45) is 5.92 Å². The Morgan fingerprint density at radius 2 is 1.84 bits per heavy atom. The van der Waals surface area contributed by atoms with Gasteiger partial charge in [0.25, 0.3) is 0 Å². The molecular weight excluding hydrogens is 481 g/mol. The molecule has 3 unspecified atom stereocenters. The molecule has 3 atom stereocenters. The van der Waals surface area contributed by atoms with Crippen molar-refractivity contribution >= 4 is 57.8 Å². The number of rotatable bonds is 6. The summed E-state index contributed by atoms with van der Waals surface area (Å²) in [4.78, 5) is 13.5. The van der Waals surface area contributed by atoms with Crippen LogP contribution in [0.1, 0.15) is 36.6 Å². The number of aliphatic hydroxyl groups excluding tert-OH is 1. The lowest BCUT2D eigenvalue weighted by molar-refractivity contribution is -0.154. The van der Waals surface area contributed by atoms with Crippen LogP contribution in [0.25, 0.3) is 0 Å². The Labute approximate surface area is 200 Å². The third kappa shape index (κ3) is 4.55. The summed E-state index contributed by atoms with van der Waals surface area (Å²) in [6.07, 6.45) is 3.44. The molecule has 168 valence electrons. The minimum Gasteiger partial charge on any atom is -0.480 e. The summed E-state index contributed by atoms with van der Waals surface area (Å²) in [5.41, 5.74) is 0.679. The Balaban J connectivity index is 1.90. The van der Waals surface area contributed by atoms with Gasteiger partial charge in [0.1, 0.15) is 6.04 Å². The number of hydrogen-bond donors (Lipinski definition) is 2. The Hall–Kier alpha value is -1.06. The molecule has 3 heterocycles. The predicted molar refractivity (Wildman–Crippen MR) is 125 cm³/mol. The normalized spacial score (nSPS) is 25.3. The molecule has 10 heteroatoms. The first-order chi connectivity index (χ1) is 14.9. The molecule has 0 amide bonds. The van der Waals surface area contributed by atoms with Crippen LogP contribution in [0.2, 0.25) is 14.4 Å². The van der Waals surface area contributed by atoms with Crippen LogP contribution in [0, 0.1) is 5.92 Å². The van der Waals surface area contributed by atoms with Crippen LogP contribution in [0.5, 0.6) is 0 Å². The van der Waals surface area contributed by atoms with E-state index in [1.807, 2.05) is 28.3 Å². The molecule has 0 bridgehead atoms. The number of halogens is 3. The summed E-state index contributed by atoms with van der Waals surface area (Å²) in [5.74, 6) is -1.30. The molecule has 1 aromatic carbocycles. The second-order valence-electron chi connectivity index (χ2n) is 7.82. The number of thiophene rings is 1. The first-order valence-electron chi connectivity index (χ1n) is 10.3. The number of aliphatic hydroxyl groups is 1. The fraction of sp³-hybridized carbons (Fsp3) is 0.476. The quantitative estimate of drug-likeness (QED) is 0.553. The van der Waals surface area contributed by atoms with E-state index in [1.165, 1.54) is 11.3 Å². The molecule has 0 spiro atoms. The van der Waals surface area contributed by atoms with Gasteiger partial charge in [0.15, 0.2) is 0 Å².